The van der Waals surface area contributed by atoms with Gasteiger partial charge in [-0.3, -0.25) is 4.79 Å². The molecule has 24 heavy (non-hydrogen) atoms. The third-order valence-corrected chi connectivity index (χ3v) is 5.36. The minimum Gasteiger partial charge on any atom is -0.267 e. The van der Waals surface area contributed by atoms with Crippen LogP contribution in [-0.2, 0) is 0 Å². The molecule has 4 heteroatoms. The Bertz CT molecular complexity index is 1190. The van der Waals surface area contributed by atoms with Gasteiger partial charge < -0.3 is 0 Å². The largest absolute Gasteiger partial charge is 0.274 e. The van der Waals surface area contributed by atoms with Crippen LogP contribution in [0.15, 0.2) is 35.1 Å². The molecule has 0 saturated carbocycles. The highest BCUT2D eigenvalue weighted by Gasteiger charge is 2.12. The lowest BCUT2D eigenvalue weighted by Crippen LogP contribution is -2.22. The van der Waals surface area contributed by atoms with E-state index < -0.39 is 0 Å². The van der Waals surface area contributed by atoms with Crippen molar-refractivity contribution in [2.75, 3.05) is 0 Å². The molecular formula is C20H18N2OS. The Balaban J connectivity index is 2.01. The molecule has 3 nitrogen and oxygen atoms in total. The van der Waals surface area contributed by atoms with Crippen molar-refractivity contribution >= 4 is 33.4 Å². The van der Waals surface area contributed by atoms with Crippen LogP contribution in [0.4, 0.5) is 0 Å². The molecular weight excluding hydrogens is 316 g/mol. The average Bonchev–Trinajstić information content (AvgIpc) is 2.96. The van der Waals surface area contributed by atoms with E-state index in [-0.39, 0.29) is 5.56 Å². The second-order valence-corrected chi connectivity index (χ2v) is 7.50. The number of hydrogen-bond acceptors (Lipinski definition) is 3. The molecule has 2 aromatic heterocycles. The van der Waals surface area contributed by atoms with Crippen molar-refractivity contribution in [3.63, 3.8) is 0 Å². The van der Waals surface area contributed by atoms with Gasteiger partial charge in [0.15, 0.2) is 4.96 Å². The van der Waals surface area contributed by atoms with Crippen LogP contribution in [-0.4, -0.2) is 9.38 Å². The van der Waals surface area contributed by atoms with Gasteiger partial charge in [0.25, 0.3) is 5.56 Å². The van der Waals surface area contributed by atoms with Crippen molar-refractivity contribution in [2.45, 2.75) is 27.7 Å². The molecule has 0 aliphatic heterocycles. The van der Waals surface area contributed by atoms with Crippen molar-refractivity contribution < 1.29 is 0 Å². The van der Waals surface area contributed by atoms with E-state index in [0.29, 0.717) is 0 Å². The molecule has 0 atom stereocenters. The number of aromatic nitrogens is 2. The van der Waals surface area contributed by atoms with E-state index >= 15 is 0 Å². The molecule has 0 bridgehead atoms. The summed E-state index contributed by atoms with van der Waals surface area (Å²) >= 11 is 1.45. The van der Waals surface area contributed by atoms with Gasteiger partial charge in [0.2, 0.25) is 0 Å². The molecule has 2 aromatic carbocycles. The lowest BCUT2D eigenvalue weighted by Gasteiger charge is -1.99. The predicted molar refractivity (Wildman–Crippen MR) is 101 cm³/mol. The molecule has 0 radical (unpaired) electrons. The Kier molecular flexibility index (Phi) is 3.32. The summed E-state index contributed by atoms with van der Waals surface area (Å²) in [6.45, 7) is 8.28. The molecule has 0 spiro atoms. The lowest BCUT2D eigenvalue weighted by atomic mass is 10.1. The van der Waals surface area contributed by atoms with Gasteiger partial charge in [0, 0.05) is 0 Å². The number of aryl methyl sites for hydroxylation is 4. The van der Waals surface area contributed by atoms with E-state index in [1.165, 1.54) is 33.6 Å². The number of fused-ring (bicyclic) bond motifs is 3. The Morgan fingerprint density at radius 3 is 2.33 bits per heavy atom. The number of hydrogen-bond donors (Lipinski definition) is 0. The number of thiazole rings is 1. The Morgan fingerprint density at radius 1 is 0.958 bits per heavy atom. The topological polar surface area (TPSA) is 34.4 Å². The first-order valence-electron chi connectivity index (χ1n) is 7.94. The number of rotatable bonds is 1. The summed E-state index contributed by atoms with van der Waals surface area (Å²) in [5, 5.41) is 0. The van der Waals surface area contributed by atoms with Crippen LogP contribution in [0.2, 0.25) is 0 Å². The zero-order chi connectivity index (χ0) is 17.0. The first-order chi connectivity index (χ1) is 11.4. The molecule has 0 amide bonds. The molecule has 0 aliphatic rings. The van der Waals surface area contributed by atoms with Gasteiger partial charge in [-0.2, -0.15) is 0 Å². The maximum Gasteiger partial charge on any atom is 0.274 e. The lowest BCUT2D eigenvalue weighted by molar-refractivity contribution is 1.18. The second-order valence-electron chi connectivity index (χ2n) is 6.49. The smallest absolute Gasteiger partial charge is 0.267 e. The van der Waals surface area contributed by atoms with E-state index in [9.17, 15) is 4.79 Å². The molecule has 0 aliphatic carbocycles. The van der Waals surface area contributed by atoms with Crippen molar-refractivity contribution in [3.8, 4) is 0 Å². The molecule has 0 fully saturated rings. The zero-order valence-corrected chi connectivity index (χ0v) is 15.0. The fourth-order valence-electron chi connectivity index (χ4n) is 3.16. The van der Waals surface area contributed by atoms with Crippen LogP contribution >= 0.6 is 11.3 Å². The van der Waals surface area contributed by atoms with Gasteiger partial charge >= 0.3 is 0 Å². The third-order valence-electron chi connectivity index (χ3n) is 4.40. The minimum atomic E-state index is 0.0138. The summed E-state index contributed by atoms with van der Waals surface area (Å²) in [5.74, 6) is 0. The first-order valence-corrected chi connectivity index (χ1v) is 8.76. The fraction of sp³-hybridized carbons (Fsp3) is 0.200. The first kappa shape index (κ1) is 15.1. The summed E-state index contributed by atoms with van der Waals surface area (Å²) < 4.78 is 2.46. The Labute approximate surface area is 143 Å². The standard InChI is InChI=1S/C20H18N2OS/c1-11-5-12(2)7-15(6-11)10-18-19(23)22-17-9-14(4)13(3)8-16(17)21-20(22)24-18/h5-10H,1-4H3/b18-10+. The van der Waals surface area contributed by atoms with E-state index in [0.717, 1.165) is 26.1 Å². The van der Waals surface area contributed by atoms with Crippen LogP contribution in [0.3, 0.4) is 0 Å². The molecule has 0 saturated heterocycles. The van der Waals surface area contributed by atoms with Crippen LogP contribution in [0.5, 0.6) is 0 Å². The quantitative estimate of drug-likeness (QED) is 0.532. The summed E-state index contributed by atoms with van der Waals surface area (Å²) in [5.41, 5.74) is 7.63. The molecule has 0 N–H and O–H groups in total. The average molecular weight is 334 g/mol. The monoisotopic (exact) mass is 334 g/mol. The Hall–Kier alpha value is -2.46. The summed E-state index contributed by atoms with van der Waals surface area (Å²) in [7, 11) is 0. The van der Waals surface area contributed by atoms with E-state index in [2.05, 4.69) is 63.0 Å². The van der Waals surface area contributed by atoms with Gasteiger partial charge in [-0.1, -0.05) is 40.7 Å². The Morgan fingerprint density at radius 2 is 1.62 bits per heavy atom. The normalized spacial score (nSPS) is 12.6. The van der Waals surface area contributed by atoms with Crippen molar-refractivity contribution in [1.29, 1.82) is 0 Å². The van der Waals surface area contributed by atoms with Gasteiger partial charge in [0.1, 0.15) is 0 Å². The second kappa shape index (κ2) is 5.28. The van der Waals surface area contributed by atoms with Crippen LogP contribution in [0.1, 0.15) is 27.8 Å². The molecule has 0 unspecified atom stereocenters. The zero-order valence-electron chi connectivity index (χ0n) is 14.2. The SMILES string of the molecule is Cc1cc(C)cc(/C=c2/sc3nc4cc(C)c(C)cc4n3c2=O)c1. The van der Waals surface area contributed by atoms with Gasteiger partial charge in [0.05, 0.1) is 15.6 Å². The number of imidazole rings is 1. The summed E-state index contributed by atoms with van der Waals surface area (Å²) in [4.78, 5) is 18.3. The van der Waals surface area contributed by atoms with Crippen LogP contribution < -0.4 is 10.1 Å². The molecule has 2 heterocycles. The maximum atomic E-state index is 12.9. The van der Waals surface area contributed by atoms with Crippen molar-refractivity contribution in [2.24, 2.45) is 0 Å². The van der Waals surface area contributed by atoms with Gasteiger partial charge in [-0.05, 0) is 62.6 Å². The highest BCUT2D eigenvalue weighted by molar-refractivity contribution is 7.15. The highest BCUT2D eigenvalue weighted by atomic mass is 32.1. The van der Waals surface area contributed by atoms with E-state index in [1.54, 1.807) is 4.40 Å². The predicted octanol–water partition coefficient (Wildman–Crippen LogP) is 3.69. The van der Waals surface area contributed by atoms with Gasteiger partial charge in [-0.15, -0.1) is 0 Å². The van der Waals surface area contributed by atoms with Crippen molar-refractivity contribution in [1.82, 2.24) is 9.38 Å². The maximum absolute atomic E-state index is 12.9. The van der Waals surface area contributed by atoms with Gasteiger partial charge in [-0.25, -0.2) is 9.38 Å². The van der Waals surface area contributed by atoms with Crippen LogP contribution in [0, 0.1) is 27.7 Å². The van der Waals surface area contributed by atoms with E-state index in [4.69, 9.17) is 0 Å². The summed E-state index contributed by atoms with van der Waals surface area (Å²) in [6.07, 6.45) is 1.97. The molecule has 4 rings (SSSR count). The minimum absolute atomic E-state index is 0.0138. The highest BCUT2D eigenvalue weighted by Crippen LogP contribution is 2.20. The number of nitrogens with zero attached hydrogens (tertiary/aromatic N) is 2. The molecule has 4 aromatic rings. The van der Waals surface area contributed by atoms with Crippen molar-refractivity contribution in [3.05, 3.63) is 73.0 Å². The summed E-state index contributed by atoms with van der Waals surface area (Å²) in [6, 6.07) is 10.4. The fourth-order valence-corrected chi connectivity index (χ4v) is 4.15. The van der Waals surface area contributed by atoms with E-state index in [1.807, 2.05) is 6.08 Å². The number of benzene rings is 2. The van der Waals surface area contributed by atoms with Crippen LogP contribution in [0.25, 0.3) is 22.1 Å². The molecule has 120 valence electrons. The third kappa shape index (κ3) is 2.34.